The molecule has 0 fully saturated rings. The fraction of sp³-hybridized carbons (Fsp3) is 0.855. The summed E-state index contributed by atoms with van der Waals surface area (Å²) in [4.78, 5) is 48.6. The molecule has 11 nitrogen and oxygen atoms in total. The molecule has 0 aliphatic heterocycles. The molecule has 74 heavy (non-hydrogen) atoms. The Morgan fingerprint density at radius 3 is 1.07 bits per heavy atom. The van der Waals surface area contributed by atoms with E-state index in [-0.39, 0.29) is 25.9 Å². The largest absolute Gasteiger partial charge is 0.472 e. The second-order valence-corrected chi connectivity index (χ2v) is 22.3. The minimum absolute atomic E-state index is 0.161. The highest BCUT2D eigenvalue weighted by Gasteiger charge is 2.28. The Kier molecular flexibility index (Phi) is 55.1. The molecule has 0 aliphatic carbocycles. The molecule has 0 aliphatic rings. The number of unbranched alkanes of at least 4 members (excludes halogenated alkanes) is 35. The Labute approximate surface area is 454 Å². The maximum atomic E-state index is 12.9. The van der Waals surface area contributed by atoms with Crippen LogP contribution in [0, 0.1) is 0 Å². The molecule has 0 saturated carbocycles. The van der Waals surface area contributed by atoms with Crippen LogP contribution in [0.3, 0.4) is 0 Å². The van der Waals surface area contributed by atoms with Crippen LogP contribution >= 0.6 is 7.82 Å². The van der Waals surface area contributed by atoms with Gasteiger partial charge in [0, 0.05) is 19.3 Å². The zero-order chi connectivity index (χ0) is 54.1. The number of hydrogen-bond acceptors (Lipinski definition) is 10. The van der Waals surface area contributed by atoms with E-state index < -0.39 is 57.8 Å². The number of ether oxygens (including phenoxy) is 3. The van der Waals surface area contributed by atoms with Crippen LogP contribution in [0.15, 0.2) is 36.5 Å². The number of carbonyl (C=O) groups is 3. The van der Waals surface area contributed by atoms with Gasteiger partial charge in [0.25, 0.3) is 0 Å². The number of aliphatic hydroxyl groups excluding tert-OH is 1. The van der Waals surface area contributed by atoms with Gasteiger partial charge in [0.05, 0.1) is 19.8 Å². The van der Waals surface area contributed by atoms with Crippen LogP contribution in [0.2, 0.25) is 0 Å². The smallest absolute Gasteiger partial charge is 0.462 e. The van der Waals surface area contributed by atoms with Crippen LogP contribution in [-0.4, -0.2) is 66.5 Å². The third kappa shape index (κ3) is 54.5. The molecule has 0 heterocycles. The highest BCUT2D eigenvalue weighted by molar-refractivity contribution is 7.47. The van der Waals surface area contributed by atoms with Crippen molar-refractivity contribution in [3.05, 3.63) is 36.5 Å². The molecular formula is C62H115O11P. The van der Waals surface area contributed by atoms with Crippen LogP contribution in [0.5, 0.6) is 0 Å². The average Bonchev–Trinajstić information content (AvgIpc) is 3.39. The normalized spacial score (nSPS) is 13.5. The second-order valence-electron chi connectivity index (χ2n) is 20.9. The SMILES string of the molecule is CCC/C=C\C/C=C\CCCCCCCC(=O)OC(CO)COP(=O)(O)OCC(COC(=O)CCCCCCCCCCCCCCCCCCCCC)OC(=O)CCCCCCC/C=C\CCCCCCCC. The maximum Gasteiger partial charge on any atom is 0.472 e. The summed E-state index contributed by atoms with van der Waals surface area (Å²) in [5, 5.41) is 9.81. The van der Waals surface area contributed by atoms with E-state index in [0.29, 0.717) is 19.3 Å². The molecule has 0 bridgehead atoms. The van der Waals surface area contributed by atoms with E-state index in [1.54, 1.807) is 0 Å². The number of aliphatic hydroxyl groups is 1. The number of allylic oxidation sites excluding steroid dienone is 6. The Morgan fingerprint density at radius 1 is 0.378 bits per heavy atom. The molecule has 3 unspecified atom stereocenters. The lowest BCUT2D eigenvalue weighted by Crippen LogP contribution is -2.30. The third-order valence-electron chi connectivity index (χ3n) is 13.5. The third-order valence-corrected chi connectivity index (χ3v) is 14.5. The van der Waals surface area contributed by atoms with Crippen molar-refractivity contribution >= 4 is 25.7 Å². The molecule has 12 heteroatoms. The van der Waals surface area contributed by atoms with Gasteiger partial charge >= 0.3 is 25.7 Å². The van der Waals surface area contributed by atoms with E-state index in [9.17, 15) is 28.9 Å². The highest BCUT2D eigenvalue weighted by atomic mass is 31.2. The van der Waals surface area contributed by atoms with Gasteiger partial charge in [-0.1, -0.05) is 250 Å². The van der Waals surface area contributed by atoms with Gasteiger partial charge in [-0.2, -0.15) is 0 Å². The fourth-order valence-corrected chi connectivity index (χ4v) is 9.59. The summed E-state index contributed by atoms with van der Waals surface area (Å²) < 4.78 is 39.6. The van der Waals surface area contributed by atoms with Crippen LogP contribution in [-0.2, 0) is 42.2 Å². The number of phosphoric acid groups is 1. The van der Waals surface area contributed by atoms with Crippen LogP contribution in [0.1, 0.15) is 303 Å². The molecule has 0 saturated heterocycles. The van der Waals surface area contributed by atoms with Crippen LogP contribution in [0.4, 0.5) is 0 Å². The lowest BCUT2D eigenvalue weighted by molar-refractivity contribution is -0.161. The van der Waals surface area contributed by atoms with Gasteiger partial charge in [-0.25, -0.2) is 4.57 Å². The number of carbonyl (C=O) groups excluding carboxylic acids is 3. The average molecular weight is 1070 g/mol. The second kappa shape index (κ2) is 56.9. The van der Waals surface area contributed by atoms with Crippen molar-refractivity contribution in [3.8, 4) is 0 Å². The highest BCUT2D eigenvalue weighted by Crippen LogP contribution is 2.43. The Hall–Kier alpha value is -2.30. The molecule has 0 aromatic heterocycles. The minimum atomic E-state index is -4.75. The summed E-state index contributed by atoms with van der Waals surface area (Å²) >= 11 is 0. The van der Waals surface area contributed by atoms with E-state index in [2.05, 4.69) is 57.2 Å². The number of phosphoric ester groups is 1. The zero-order valence-electron chi connectivity index (χ0n) is 48.1. The number of esters is 3. The van der Waals surface area contributed by atoms with Crippen LogP contribution in [0.25, 0.3) is 0 Å². The van der Waals surface area contributed by atoms with Crippen LogP contribution < -0.4 is 0 Å². The molecule has 2 N–H and O–H groups in total. The zero-order valence-corrected chi connectivity index (χ0v) is 49.0. The molecule has 0 amide bonds. The first kappa shape index (κ1) is 71.7. The fourth-order valence-electron chi connectivity index (χ4n) is 8.80. The first-order valence-corrected chi connectivity index (χ1v) is 32.4. The van der Waals surface area contributed by atoms with Crippen molar-refractivity contribution in [3.63, 3.8) is 0 Å². The first-order chi connectivity index (χ1) is 36.2. The molecule has 3 atom stereocenters. The molecule has 0 aromatic rings. The predicted octanol–water partition coefficient (Wildman–Crippen LogP) is 18.4. The summed E-state index contributed by atoms with van der Waals surface area (Å²) in [5.41, 5.74) is 0. The summed E-state index contributed by atoms with van der Waals surface area (Å²) in [6.07, 6.45) is 59.6. The van der Waals surface area contributed by atoms with E-state index in [1.807, 2.05) is 0 Å². The van der Waals surface area contributed by atoms with E-state index in [1.165, 1.54) is 141 Å². The molecule has 0 radical (unpaired) electrons. The molecule has 0 spiro atoms. The molecule has 0 aromatic carbocycles. The van der Waals surface area contributed by atoms with Gasteiger partial charge in [0.15, 0.2) is 6.10 Å². The summed E-state index contributed by atoms with van der Waals surface area (Å²) in [5.74, 6) is -1.47. The lowest BCUT2D eigenvalue weighted by Gasteiger charge is -2.21. The van der Waals surface area contributed by atoms with Crippen molar-refractivity contribution in [2.75, 3.05) is 26.4 Å². The van der Waals surface area contributed by atoms with Gasteiger partial charge in [-0.15, -0.1) is 0 Å². The van der Waals surface area contributed by atoms with Crippen molar-refractivity contribution in [2.45, 2.75) is 315 Å². The van der Waals surface area contributed by atoms with Gasteiger partial charge in [-0.05, 0) is 70.6 Å². The first-order valence-electron chi connectivity index (χ1n) is 30.9. The van der Waals surface area contributed by atoms with Crippen molar-refractivity contribution in [1.29, 1.82) is 0 Å². The summed E-state index contributed by atoms with van der Waals surface area (Å²) in [6, 6.07) is 0. The Morgan fingerprint density at radius 2 is 0.689 bits per heavy atom. The van der Waals surface area contributed by atoms with Crippen molar-refractivity contribution in [1.82, 2.24) is 0 Å². The summed E-state index contributed by atoms with van der Waals surface area (Å²) in [6.45, 7) is 4.60. The van der Waals surface area contributed by atoms with E-state index in [0.717, 1.165) is 103 Å². The van der Waals surface area contributed by atoms with Gasteiger partial charge in [-0.3, -0.25) is 23.4 Å². The van der Waals surface area contributed by atoms with E-state index >= 15 is 0 Å². The number of hydrogen-bond donors (Lipinski definition) is 2. The van der Waals surface area contributed by atoms with Gasteiger partial charge in [0.2, 0.25) is 0 Å². The Balaban J connectivity index is 4.67. The minimum Gasteiger partial charge on any atom is -0.462 e. The van der Waals surface area contributed by atoms with Crippen molar-refractivity contribution in [2.24, 2.45) is 0 Å². The monoisotopic (exact) mass is 1070 g/mol. The van der Waals surface area contributed by atoms with Crippen molar-refractivity contribution < 1.29 is 52.2 Å². The molecule has 0 rings (SSSR count). The van der Waals surface area contributed by atoms with Gasteiger partial charge < -0.3 is 24.2 Å². The molecular weight excluding hydrogens is 952 g/mol. The van der Waals surface area contributed by atoms with E-state index in [4.69, 9.17) is 23.3 Å². The Bertz CT molecular complexity index is 1380. The number of rotatable bonds is 58. The lowest BCUT2D eigenvalue weighted by atomic mass is 10.0. The summed E-state index contributed by atoms with van der Waals surface area (Å²) in [7, 11) is -4.75. The van der Waals surface area contributed by atoms with Gasteiger partial charge in [0.1, 0.15) is 12.7 Å². The topological polar surface area (TPSA) is 155 Å². The predicted molar refractivity (Wildman–Crippen MR) is 307 cm³/mol. The molecule has 434 valence electrons. The quantitative estimate of drug-likeness (QED) is 0.0197. The standard InChI is InChI=1S/C62H115O11P/c1-4-7-10-13-16-19-22-25-27-28-29-30-32-34-36-39-42-45-48-51-60(64)69-55-59(73-62(66)53-50-47-44-41-38-35-31-26-23-20-17-14-11-8-5-2)57-71-74(67,68)70-56-58(54-63)72-61(65)52-49-46-43-40-37-33-24-21-18-15-12-9-6-3/h12,15,21,24,26,31,58-59,63H,4-11,13-14,16-20,22-23,25,27-30,32-57H2,1-3H3,(H,67,68)/b15-12-,24-21-,31-26-. The maximum absolute atomic E-state index is 12.9.